The van der Waals surface area contributed by atoms with Crippen LogP contribution in [0.25, 0.3) is 5.65 Å². The standard InChI is InChI=1S/C13H14N6O/c1-9(10-3-5-11(20-2)6-4-10)15-12-7-14-8-13-16-17-18-19(12)13/h3-9,15H,1-2H3. The van der Waals surface area contributed by atoms with Crippen molar-refractivity contribution in [2.24, 2.45) is 0 Å². The zero-order valence-corrected chi connectivity index (χ0v) is 11.2. The summed E-state index contributed by atoms with van der Waals surface area (Å²) in [4.78, 5) is 4.11. The fourth-order valence-electron chi connectivity index (χ4n) is 1.97. The largest absolute Gasteiger partial charge is 0.497 e. The number of nitrogens with zero attached hydrogens (tertiary/aromatic N) is 5. The average molecular weight is 270 g/mol. The molecule has 7 nitrogen and oxygen atoms in total. The summed E-state index contributed by atoms with van der Waals surface area (Å²) in [5.41, 5.74) is 1.74. The lowest BCUT2D eigenvalue weighted by Crippen LogP contribution is -2.10. The number of hydrogen-bond donors (Lipinski definition) is 1. The van der Waals surface area contributed by atoms with Crippen LogP contribution in [0.3, 0.4) is 0 Å². The molecule has 1 unspecified atom stereocenters. The Morgan fingerprint density at radius 3 is 2.75 bits per heavy atom. The molecule has 1 atom stereocenters. The van der Waals surface area contributed by atoms with Gasteiger partial charge >= 0.3 is 0 Å². The summed E-state index contributed by atoms with van der Waals surface area (Å²) in [5, 5.41) is 14.8. The Morgan fingerprint density at radius 1 is 1.20 bits per heavy atom. The minimum atomic E-state index is 0.0949. The van der Waals surface area contributed by atoms with Gasteiger partial charge in [0.25, 0.3) is 0 Å². The maximum Gasteiger partial charge on any atom is 0.199 e. The summed E-state index contributed by atoms with van der Waals surface area (Å²) in [6.45, 7) is 2.06. The molecule has 2 heterocycles. The van der Waals surface area contributed by atoms with Crippen LogP contribution in [-0.4, -0.2) is 32.1 Å². The van der Waals surface area contributed by atoms with E-state index in [1.54, 1.807) is 24.0 Å². The van der Waals surface area contributed by atoms with Crippen LogP contribution in [0.4, 0.5) is 5.82 Å². The predicted octanol–water partition coefficient (Wildman–Crippen LogP) is 1.70. The van der Waals surface area contributed by atoms with Gasteiger partial charge in [0.1, 0.15) is 5.75 Å². The van der Waals surface area contributed by atoms with Crippen LogP contribution in [0.5, 0.6) is 5.75 Å². The van der Waals surface area contributed by atoms with Crippen molar-refractivity contribution in [3.8, 4) is 5.75 Å². The molecule has 20 heavy (non-hydrogen) atoms. The first kappa shape index (κ1) is 12.3. The Kier molecular flexibility index (Phi) is 3.16. The minimum Gasteiger partial charge on any atom is -0.497 e. The van der Waals surface area contributed by atoms with Gasteiger partial charge in [-0.15, -0.1) is 5.10 Å². The second-order valence-electron chi connectivity index (χ2n) is 4.38. The van der Waals surface area contributed by atoms with Crippen LogP contribution in [0, 0.1) is 0 Å². The van der Waals surface area contributed by atoms with Gasteiger partial charge < -0.3 is 10.1 Å². The normalized spacial score (nSPS) is 12.3. The van der Waals surface area contributed by atoms with E-state index in [-0.39, 0.29) is 6.04 Å². The topological polar surface area (TPSA) is 77.2 Å². The molecular formula is C13H14N6O. The van der Waals surface area contributed by atoms with E-state index in [1.165, 1.54) is 0 Å². The van der Waals surface area contributed by atoms with E-state index >= 15 is 0 Å². The molecule has 3 rings (SSSR count). The van der Waals surface area contributed by atoms with E-state index in [0.717, 1.165) is 17.1 Å². The van der Waals surface area contributed by atoms with Crippen LogP contribution in [0.1, 0.15) is 18.5 Å². The highest BCUT2D eigenvalue weighted by molar-refractivity contribution is 5.45. The second kappa shape index (κ2) is 5.12. The van der Waals surface area contributed by atoms with Gasteiger partial charge in [-0.05, 0) is 35.0 Å². The van der Waals surface area contributed by atoms with Crippen molar-refractivity contribution < 1.29 is 4.74 Å². The van der Waals surface area contributed by atoms with Crippen molar-refractivity contribution in [2.45, 2.75) is 13.0 Å². The number of benzene rings is 1. The molecular weight excluding hydrogens is 256 g/mol. The average Bonchev–Trinajstić information content (AvgIpc) is 2.97. The molecule has 0 saturated heterocycles. The Hall–Kier alpha value is -2.70. The SMILES string of the molecule is COc1ccc(C(C)Nc2cncc3nnnn23)cc1. The zero-order valence-electron chi connectivity index (χ0n) is 11.2. The maximum absolute atomic E-state index is 5.15. The van der Waals surface area contributed by atoms with Gasteiger partial charge in [0.2, 0.25) is 0 Å². The third kappa shape index (κ3) is 2.25. The highest BCUT2D eigenvalue weighted by Gasteiger charge is 2.09. The number of anilines is 1. The molecule has 1 aromatic carbocycles. The number of aromatic nitrogens is 5. The quantitative estimate of drug-likeness (QED) is 0.777. The van der Waals surface area contributed by atoms with Crippen LogP contribution < -0.4 is 10.1 Å². The summed E-state index contributed by atoms with van der Waals surface area (Å²) in [6, 6.07) is 8.00. The molecule has 0 spiro atoms. The van der Waals surface area contributed by atoms with Crippen molar-refractivity contribution >= 4 is 11.5 Å². The molecule has 0 aliphatic carbocycles. The highest BCUT2D eigenvalue weighted by atomic mass is 16.5. The van der Waals surface area contributed by atoms with Gasteiger partial charge in [0.05, 0.1) is 19.5 Å². The van der Waals surface area contributed by atoms with Crippen LogP contribution in [0.2, 0.25) is 0 Å². The van der Waals surface area contributed by atoms with Crippen LogP contribution >= 0.6 is 0 Å². The number of ether oxygens (including phenoxy) is 1. The summed E-state index contributed by atoms with van der Waals surface area (Å²) in [6.07, 6.45) is 3.31. The van der Waals surface area contributed by atoms with Gasteiger partial charge in [-0.2, -0.15) is 4.52 Å². The zero-order chi connectivity index (χ0) is 13.9. The lowest BCUT2D eigenvalue weighted by atomic mass is 10.1. The van der Waals surface area contributed by atoms with Gasteiger partial charge in [0, 0.05) is 6.04 Å². The van der Waals surface area contributed by atoms with Crippen molar-refractivity contribution in [3.63, 3.8) is 0 Å². The molecule has 0 aliphatic heterocycles. The first-order valence-corrected chi connectivity index (χ1v) is 6.20. The molecule has 0 fully saturated rings. The second-order valence-corrected chi connectivity index (χ2v) is 4.38. The molecule has 0 bridgehead atoms. The van der Waals surface area contributed by atoms with E-state index in [9.17, 15) is 0 Å². The lowest BCUT2D eigenvalue weighted by Gasteiger charge is -2.15. The third-order valence-corrected chi connectivity index (χ3v) is 3.09. The Labute approximate surface area is 115 Å². The van der Waals surface area contributed by atoms with Crippen LogP contribution in [-0.2, 0) is 0 Å². The van der Waals surface area contributed by atoms with E-state index in [4.69, 9.17) is 4.74 Å². The highest BCUT2D eigenvalue weighted by Crippen LogP contribution is 2.21. The number of tetrazole rings is 1. The smallest absolute Gasteiger partial charge is 0.199 e. The van der Waals surface area contributed by atoms with Crippen molar-refractivity contribution in [1.82, 2.24) is 25.0 Å². The molecule has 0 radical (unpaired) electrons. The number of rotatable bonds is 4. The van der Waals surface area contributed by atoms with Crippen molar-refractivity contribution in [3.05, 3.63) is 42.2 Å². The van der Waals surface area contributed by atoms with Crippen molar-refractivity contribution in [2.75, 3.05) is 12.4 Å². The predicted molar refractivity (Wildman–Crippen MR) is 73.6 cm³/mol. The van der Waals surface area contributed by atoms with Gasteiger partial charge in [-0.1, -0.05) is 12.1 Å². The summed E-state index contributed by atoms with van der Waals surface area (Å²) >= 11 is 0. The first-order chi connectivity index (χ1) is 9.78. The molecule has 7 heteroatoms. The van der Waals surface area contributed by atoms with E-state index < -0.39 is 0 Å². The summed E-state index contributed by atoms with van der Waals surface area (Å²) in [5.74, 6) is 1.58. The number of hydrogen-bond acceptors (Lipinski definition) is 6. The monoisotopic (exact) mass is 270 g/mol. The van der Waals surface area contributed by atoms with E-state index in [1.807, 2.05) is 24.3 Å². The van der Waals surface area contributed by atoms with Gasteiger partial charge in [0.15, 0.2) is 11.5 Å². The molecule has 0 aliphatic rings. The Balaban J connectivity index is 1.84. The first-order valence-electron chi connectivity index (χ1n) is 6.20. The number of methoxy groups -OCH3 is 1. The number of nitrogens with one attached hydrogen (secondary N) is 1. The Bertz CT molecular complexity index is 708. The van der Waals surface area contributed by atoms with Gasteiger partial charge in [-0.25, -0.2) is 0 Å². The summed E-state index contributed by atoms with van der Waals surface area (Å²) in [7, 11) is 1.65. The van der Waals surface area contributed by atoms with Crippen LogP contribution in [0.15, 0.2) is 36.7 Å². The molecule has 1 N–H and O–H groups in total. The molecule has 0 amide bonds. The molecule has 102 valence electrons. The fraction of sp³-hybridized carbons (Fsp3) is 0.231. The number of fused-ring (bicyclic) bond motifs is 1. The van der Waals surface area contributed by atoms with Gasteiger partial charge in [-0.3, -0.25) is 4.98 Å². The maximum atomic E-state index is 5.15. The lowest BCUT2D eigenvalue weighted by molar-refractivity contribution is 0.414. The van der Waals surface area contributed by atoms with E-state index in [2.05, 4.69) is 32.7 Å². The van der Waals surface area contributed by atoms with Crippen molar-refractivity contribution in [1.29, 1.82) is 0 Å². The molecule has 2 aromatic heterocycles. The summed E-state index contributed by atoms with van der Waals surface area (Å²) < 4.78 is 6.77. The molecule has 0 saturated carbocycles. The third-order valence-electron chi connectivity index (χ3n) is 3.09. The fourth-order valence-corrected chi connectivity index (χ4v) is 1.97. The Morgan fingerprint density at radius 2 is 2.00 bits per heavy atom. The van der Waals surface area contributed by atoms with E-state index in [0.29, 0.717) is 5.65 Å². The molecule has 3 aromatic rings. The minimum absolute atomic E-state index is 0.0949.